The third-order valence-electron chi connectivity index (χ3n) is 3.61. The third-order valence-corrected chi connectivity index (χ3v) is 3.61. The summed E-state index contributed by atoms with van der Waals surface area (Å²) in [5.41, 5.74) is 1.57. The molecule has 2 aromatic rings. The standard InChI is InChI=1S/C17H17N3O3/c1-12-17(22)20(14-4-2-3-5-15(14)23-12)11-16(21)19-10-13-6-8-18-9-7-13/h2-9,12H,10-11H2,1H3,(H,19,21)/t12-/m0/s1. The Balaban J connectivity index is 1.69. The third kappa shape index (κ3) is 3.31. The van der Waals surface area contributed by atoms with Gasteiger partial charge < -0.3 is 10.1 Å². The minimum Gasteiger partial charge on any atom is -0.479 e. The van der Waals surface area contributed by atoms with E-state index in [2.05, 4.69) is 10.3 Å². The number of anilines is 1. The van der Waals surface area contributed by atoms with Crippen molar-refractivity contribution < 1.29 is 14.3 Å². The van der Waals surface area contributed by atoms with Crippen LogP contribution in [0.1, 0.15) is 12.5 Å². The number of benzene rings is 1. The zero-order valence-corrected chi connectivity index (χ0v) is 12.7. The smallest absolute Gasteiger partial charge is 0.268 e. The minimum absolute atomic E-state index is 0.0331. The summed E-state index contributed by atoms with van der Waals surface area (Å²) in [7, 11) is 0. The molecule has 0 unspecified atom stereocenters. The number of carbonyl (C=O) groups is 2. The van der Waals surface area contributed by atoms with Gasteiger partial charge in [-0.15, -0.1) is 0 Å². The molecule has 2 amide bonds. The molecular formula is C17H17N3O3. The maximum Gasteiger partial charge on any atom is 0.268 e. The van der Waals surface area contributed by atoms with Crippen molar-refractivity contribution >= 4 is 17.5 Å². The molecule has 1 aromatic heterocycles. The Kier molecular flexibility index (Phi) is 4.23. The normalized spacial score (nSPS) is 16.5. The molecular weight excluding hydrogens is 294 g/mol. The lowest BCUT2D eigenvalue weighted by Crippen LogP contribution is -2.48. The first-order chi connectivity index (χ1) is 11.1. The molecule has 1 aromatic carbocycles. The Hall–Kier alpha value is -2.89. The lowest BCUT2D eigenvalue weighted by molar-refractivity contribution is -0.128. The molecule has 6 heteroatoms. The average molecular weight is 311 g/mol. The number of nitrogens with zero attached hydrogens (tertiary/aromatic N) is 2. The van der Waals surface area contributed by atoms with Crippen LogP contribution in [0.5, 0.6) is 5.75 Å². The minimum atomic E-state index is -0.599. The molecule has 3 rings (SSSR count). The number of amides is 2. The highest BCUT2D eigenvalue weighted by Gasteiger charge is 2.32. The van der Waals surface area contributed by atoms with Crippen LogP contribution in [0, 0.1) is 0 Å². The van der Waals surface area contributed by atoms with Crippen LogP contribution in [0.15, 0.2) is 48.8 Å². The van der Waals surface area contributed by atoms with Crippen LogP contribution in [0.25, 0.3) is 0 Å². The predicted octanol–water partition coefficient (Wildman–Crippen LogP) is 1.51. The molecule has 1 aliphatic heterocycles. The molecule has 0 aliphatic carbocycles. The van der Waals surface area contributed by atoms with Crippen molar-refractivity contribution in [2.24, 2.45) is 0 Å². The largest absolute Gasteiger partial charge is 0.479 e. The highest BCUT2D eigenvalue weighted by Crippen LogP contribution is 2.33. The van der Waals surface area contributed by atoms with Crippen molar-refractivity contribution in [1.29, 1.82) is 0 Å². The lowest BCUT2D eigenvalue weighted by Gasteiger charge is -2.32. The van der Waals surface area contributed by atoms with E-state index in [1.807, 2.05) is 24.3 Å². The van der Waals surface area contributed by atoms with E-state index in [0.717, 1.165) is 5.56 Å². The molecule has 23 heavy (non-hydrogen) atoms. The Morgan fingerprint density at radius 1 is 1.26 bits per heavy atom. The number of pyridine rings is 1. The number of hydrogen-bond acceptors (Lipinski definition) is 4. The van der Waals surface area contributed by atoms with Crippen LogP contribution in [0.3, 0.4) is 0 Å². The Labute approximate surface area is 134 Å². The van der Waals surface area contributed by atoms with Crippen molar-refractivity contribution in [1.82, 2.24) is 10.3 Å². The van der Waals surface area contributed by atoms with Crippen molar-refractivity contribution in [2.75, 3.05) is 11.4 Å². The Bertz CT molecular complexity index is 718. The summed E-state index contributed by atoms with van der Waals surface area (Å²) in [5, 5.41) is 2.81. The molecule has 0 fully saturated rings. The summed E-state index contributed by atoms with van der Waals surface area (Å²) in [6.07, 6.45) is 2.74. The summed E-state index contributed by atoms with van der Waals surface area (Å²) in [4.78, 5) is 29.9. The van der Waals surface area contributed by atoms with Crippen LogP contribution in [-0.2, 0) is 16.1 Å². The van der Waals surface area contributed by atoms with E-state index < -0.39 is 6.10 Å². The van der Waals surface area contributed by atoms with Crippen molar-refractivity contribution in [2.45, 2.75) is 19.6 Å². The Morgan fingerprint density at radius 2 is 2.00 bits per heavy atom. The molecule has 0 spiro atoms. The summed E-state index contributed by atoms with van der Waals surface area (Å²) in [5.74, 6) is 0.170. The molecule has 0 saturated heterocycles. The molecule has 1 atom stereocenters. The van der Waals surface area contributed by atoms with Crippen molar-refractivity contribution in [3.05, 3.63) is 54.4 Å². The van der Waals surface area contributed by atoms with E-state index in [1.54, 1.807) is 31.5 Å². The van der Waals surface area contributed by atoms with Gasteiger partial charge in [-0.25, -0.2) is 0 Å². The number of hydrogen-bond donors (Lipinski definition) is 1. The number of para-hydroxylation sites is 2. The summed E-state index contributed by atoms with van der Waals surface area (Å²) < 4.78 is 5.56. The van der Waals surface area contributed by atoms with E-state index in [-0.39, 0.29) is 18.4 Å². The van der Waals surface area contributed by atoms with E-state index in [9.17, 15) is 9.59 Å². The number of rotatable bonds is 4. The second-order valence-corrected chi connectivity index (χ2v) is 5.28. The fourth-order valence-corrected chi connectivity index (χ4v) is 2.42. The fraction of sp³-hybridized carbons (Fsp3) is 0.235. The summed E-state index contributed by atoms with van der Waals surface area (Å²) in [6.45, 7) is 2.05. The van der Waals surface area contributed by atoms with Gasteiger partial charge in [-0.1, -0.05) is 12.1 Å². The van der Waals surface area contributed by atoms with E-state index in [4.69, 9.17) is 4.74 Å². The second-order valence-electron chi connectivity index (χ2n) is 5.28. The first-order valence-electron chi connectivity index (χ1n) is 7.38. The number of fused-ring (bicyclic) bond motifs is 1. The van der Waals surface area contributed by atoms with Gasteiger partial charge in [0.25, 0.3) is 5.91 Å². The molecule has 1 N–H and O–H groups in total. The van der Waals surface area contributed by atoms with Gasteiger partial charge in [0.2, 0.25) is 5.91 Å². The van der Waals surface area contributed by atoms with Gasteiger partial charge in [-0.3, -0.25) is 19.5 Å². The quantitative estimate of drug-likeness (QED) is 0.929. The van der Waals surface area contributed by atoms with Gasteiger partial charge >= 0.3 is 0 Å². The average Bonchev–Trinajstić information content (AvgIpc) is 2.58. The zero-order chi connectivity index (χ0) is 16.2. The second kappa shape index (κ2) is 6.48. The molecule has 0 radical (unpaired) electrons. The molecule has 118 valence electrons. The predicted molar refractivity (Wildman–Crippen MR) is 85.0 cm³/mol. The SMILES string of the molecule is C[C@@H]1Oc2ccccc2N(CC(=O)NCc2ccncc2)C1=O. The van der Waals surface area contributed by atoms with Gasteiger partial charge in [0.1, 0.15) is 12.3 Å². The number of carbonyl (C=O) groups excluding carboxylic acids is 2. The summed E-state index contributed by atoms with van der Waals surface area (Å²) in [6, 6.07) is 10.9. The molecule has 0 saturated carbocycles. The number of ether oxygens (including phenoxy) is 1. The van der Waals surface area contributed by atoms with Gasteiger partial charge in [0.05, 0.1) is 5.69 Å². The number of nitrogens with one attached hydrogen (secondary N) is 1. The van der Waals surface area contributed by atoms with Crippen molar-refractivity contribution in [3.63, 3.8) is 0 Å². The molecule has 1 aliphatic rings. The van der Waals surface area contributed by atoms with Crippen LogP contribution in [0.4, 0.5) is 5.69 Å². The van der Waals surface area contributed by atoms with Crippen LogP contribution >= 0.6 is 0 Å². The molecule has 6 nitrogen and oxygen atoms in total. The highest BCUT2D eigenvalue weighted by atomic mass is 16.5. The summed E-state index contributed by atoms with van der Waals surface area (Å²) >= 11 is 0. The van der Waals surface area contributed by atoms with Gasteiger partial charge in [-0.05, 0) is 36.8 Å². The van der Waals surface area contributed by atoms with Crippen LogP contribution in [0.2, 0.25) is 0 Å². The van der Waals surface area contributed by atoms with Gasteiger partial charge in [0.15, 0.2) is 6.10 Å². The first kappa shape index (κ1) is 15.0. The number of aromatic nitrogens is 1. The lowest BCUT2D eigenvalue weighted by atomic mass is 10.2. The van der Waals surface area contributed by atoms with Gasteiger partial charge in [0, 0.05) is 18.9 Å². The van der Waals surface area contributed by atoms with Crippen molar-refractivity contribution in [3.8, 4) is 5.75 Å². The molecule has 2 heterocycles. The van der Waals surface area contributed by atoms with Gasteiger partial charge in [-0.2, -0.15) is 0 Å². The fourth-order valence-electron chi connectivity index (χ4n) is 2.42. The van der Waals surface area contributed by atoms with Crippen LogP contribution < -0.4 is 15.0 Å². The highest BCUT2D eigenvalue weighted by molar-refractivity contribution is 6.03. The monoisotopic (exact) mass is 311 g/mol. The molecule has 0 bridgehead atoms. The Morgan fingerprint density at radius 3 is 2.78 bits per heavy atom. The topological polar surface area (TPSA) is 71.5 Å². The maximum atomic E-state index is 12.3. The maximum absolute atomic E-state index is 12.3. The zero-order valence-electron chi connectivity index (χ0n) is 12.7. The van der Waals surface area contributed by atoms with E-state index in [1.165, 1.54) is 4.90 Å². The van der Waals surface area contributed by atoms with E-state index in [0.29, 0.717) is 18.0 Å². The van der Waals surface area contributed by atoms with E-state index >= 15 is 0 Å². The first-order valence-corrected chi connectivity index (χ1v) is 7.38. The van der Waals surface area contributed by atoms with Crippen LogP contribution in [-0.4, -0.2) is 29.4 Å².